The van der Waals surface area contributed by atoms with Crippen LogP contribution < -0.4 is 4.74 Å². The largest absolute Gasteiger partial charge is 0.496 e. The second kappa shape index (κ2) is 9.85. The van der Waals surface area contributed by atoms with E-state index in [2.05, 4.69) is 41.1 Å². The van der Waals surface area contributed by atoms with Crippen molar-refractivity contribution in [1.29, 1.82) is 0 Å². The fourth-order valence-corrected chi connectivity index (χ4v) is 3.62. The zero-order valence-corrected chi connectivity index (χ0v) is 16.3. The molecular formula is C22H30N2O3. The number of para-hydroxylation sites is 1. The molecule has 0 bridgehead atoms. The molecule has 0 amide bonds. The highest BCUT2D eigenvalue weighted by molar-refractivity contribution is 5.32. The van der Waals surface area contributed by atoms with Gasteiger partial charge >= 0.3 is 0 Å². The lowest BCUT2D eigenvalue weighted by Crippen LogP contribution is -2.49. The van der Waals surface area contributed by atoms with Gasteiger partial charge < -0.3 is 19.5 Å². The molecule has 1 aliphatic rings. The van der Waals surface area contributed by atoms with Crippen molar-refractivity contribution in [1.82, 2.24) is 9.80 Å². The van der Waals surface area contributed by atoms with Crippen molar-refractivity contribution in [3.05, 3.63) is 65.7 Å². The van der Waals surface area contributed by atoms with E-state index in [9.17, 15) is 5.11 Å². The molecule has 2 aromatic rings. The Kier molecular flexibility index (Phi) is 7.24. The fourth-order valence-electron chi connectivity index (χ4n) is 3.62. The number of aliphatic hydroxyl groups is 1. The molecule has 3 rings (SSSR count). The topological polar surface area (TPSA) is 45.2 Å². The zero-order valence-electron chi connectivity index (χ0n) is 16.3. The van der Waals surface area contributed by atoms with Gasteiger partial charge in [0.15, 0.2) is 0 Å². The number of methoxy groups -OCH3 is 1. The van der Waals surface area contributed by atoms with Gasteiger partial charge in [-0.05, 0) is 18.7 Å². The number of ether oxygens (including phenoxy) is 2. The van der Waals surface area contributed by atoms with Crippen LogP contribution in [0.5, 0.6) is 5.75 Å². The van der Waals surface area contributed by atoms with Gasteiger partial charge in [0.05, 0.1) is 26.4 Å². The molecule has 1 N–H and O–H groups in total. The Morgan fingerprint density at radius 3 is 2.59 bits per heavy atom. The molecule has 0 aliphatic carbocycles. The summed E-state index contributed by atoms with van der Waals surface area (Å²) in [4.78, 5) is 4.71. The zero-order chi connectivity index (χ0) is 19.1. The Morgan fingerprint density at radius 1 is 1.07 bits per heavy atom. The van der Waals surface area contributed by atoms with Crippen LogP contribution in [0.1, 0.15) is 17.2 Å². The lowest BCUT2D eigenvalue weighted by molar-refractivity contribution is -0.0119. The maximum absolute atomic E-state index is 10.5. The molecule has 2 atom stereocenters. The molecule has 0 unspecified atom stereocenters. The normalized spacial score (nSPS) is 19.7. The van der Waals surface area contributed by atoms with Crippen molar-refractivity contribution in [2.75, 3.05) is 46.9 Å². The quantitative estimate of drug-likeness (QED) is 0.774. The first-order valence-corrected chi connectivity index (χ1v) is 9.52. The molecule has 5 nitrogen and oxygen atoms in total. The van der Waals surface area contributed by atoms with Gasteiger partial charge in [0.1, 0.15) is 5.75 Å². The Balaban J connectivity index is 1.53. The highest BCUT2D eigenvalue weighted by Crippen LogP contribution is 2.25. The Bertz CT molecular complexity index is 695. The van der Waals surface area contributed by atoms with Gasteiger partial charge in [0.25, 0.3) is 0 Å². The average Bonchev–Trinajstić information content (AvgIpc) is 2.70. The molecule has 1 heterocycles. The molecule has 27 heavy (non-hydrogen) atoms. The Labute approximate surface area is 162 Å². The van der Waals surface area contributed by atoms with Crippen molar-refractivity contribution in [3.8, 4) is 5.75 Å². The molecule has 1 fully saturated rings. The maximum atomic E-state index is 10.5. The number of benzene rings is 2. The monoisotopic (exact) mass is 370 g/mol. The van der Waals surface area contributed by atoms with Crippen molar-refractivity contribution < 1.29 is 14.6 Å². The lowest BCUT2D eigenvalue weighted by Gasteiger charge is -2.41. The van der Waals surface area contributed by atoms with E-state index in [4.69, 9.17) is 9.47 Å². The van der Waals surface area contributed by atoms with Gasteiger partial charge in [0, 0.05) is 37.8 Å². The number of nitrogens with zero attached hydrogens (tertiary/aromatic N) is 2. The molecule has 5 heteroatoms. The number of rotatable bonds is 8. The van der Waals surface area contributed by atoms with Crippen LogP contribution >= 0.6 is 0 Å². The first-order chi connectivity index (χ1) is 13.2. The van der Waals surface area contributed by atoms with Crippen LogP contribution in [0.2, 0.25) is 0 Å². The summed E-state index contributed by atoms with van der Waals surface area (Å²) >= 11 is 0. The van der Waals surface area contributed by atoms with E-state index in [0.29, 0.717) is 25.8 Å². The summed E-state index contributed by atoms with van der Waals surface area (Å²) in [6.07, 6.45) is -0.519. The first kappa shape index (κ1) is 19.8. The molecule has 146 valence electrons. The number of β-amino-alcohol motifs (C(OH)–C–C–N with tert-alkyl or cyclic N) is 1. The van der Waals surface area contributed by atoms with Crippen LogP contribution in [0.4, 0.5) is 0 Å². The smallest absolute Gasteiger partial charge is 0.124 e. The average molecular weight is 370 g/mol. The molecule has 0 radical (unpaired) electrons. The van der Waals surface area contributed by atoms with E-state index < -0.39 is 6.10 Å². The summed E-state index contributed by atoms with van der Waals surface area (Å²) in [5.41, 5.74) is 2.29. The summed E-state index contributed by atoms with van der Waals surface area (Å²) < 4.78 is 11.1. The van der Waals surface area contributed by atoms with E-state index in [1.807, 2.05) is 30.3 Å². The summed E-state index contributed by atoms with van der Waals surface area (Å²) in [6, 6.07) is 18.6. The van der Waals surface area contributed by atoms with Gasteiger partial charge in [0.2, 0.25) is 0 Å². The van der Waals surface area contributed by atoms with E-state index in [1.54, 1.807) is 7.11 Å². The third kappa shape index (κ3) is 5.53. The third-order valence-electron chi connectivity index (χ3n) is 5.08. The molecule has 1 aliphatic heterocycles. The minimum absolute atomic E-state index is 0.300. The van der Waals surface area contributed by atoms with Gasteiger partial charge in [-0.25, -0.2) is 0 Å². The van der Waals surface area contributed by atoms with Gasteiger partial charge in [-0.2, -0.15) is 0 Å². The van der Waals surface area contributed by atoms with Crippen molar-refractivity contribution in [2.24, 2.45) is 0 Å². The third-order valence-corrected chi connectivity index (χ3v) is 5.08. The van der Waals surface area contributed by atoms with Gasteiger partial charge in [-0.1, -0.05) is 48.5 Å². The fraction of sp³-hybridized carbons (Fsp3) is 0.455. The van der Waals surface area contributed by atoms with E-state index >= 15 is 0 Å². The van der Waals surface area contributed by atoms with Crippen LogP contribution in [0, 0.1) is 0 Å². The number of hydrogen-bond acceptors (Lipinski definition) is 5. The molecular weight excluding hydrogens is 340 g/mol. The van der Waals surface area contributed by atoms with Gasteiger partial charge in [-0.3, -0.25) is 4.90 Å². The molecule has 0 saturated carbocycles. The SMILES string of the molecule is COc1ccccc1COC[C@H](O)CN1CCN(C)C[C@H]1c1ccccc1. The lowest BCUT2D eigenvalue weighted by atomic mass is 10.0. The van der Waals surface area contributed by atoms with Crippen molar-refractivity contribution in [3.63, 3.8) is 0 Å². The Hall–Kier alpha value is -1.92. The summed E-state index contributed by atoms with van der Waals surface area (Å²) in [7, 11) is 3.81. The van der Waals surface area contributed by atoms with E-state index in [1.165, 1.54) is 5.56 Å². The highest BCUT2D eigenvalue weighted by atomic mass is 16.5. The van der Waals surface area contributed by atoms with E-state index in [-0.39, 0.29) is 0 Å². The second-order valence-corrected chi connectivity index (χ2v) is 7.16. The predicted octanol–water partition coefficient (Wildman–Crippen LogP) is 2.56. The number of piperazine rings is 1. The second-order valence-electron chi connectivity index (χ2n) is 7.16. The van der Waals surface area contributed by atoms with Gasteiger partial charge in [-0.15, -0.1) is 0 Å². The van der Waals surface area contributed by atoms with Crippen LogP contribution in [0.15, 0.2) is 54.6 Å². The number of aliphatic hydroxyl groups excluding tert-OH is 1. The van der Waals surface area contributed by atoms with E-state index in [0.717, 1.165) is 30.9 Å². The highest BCUT2D eigenvalue weighted by Gasteiger charge is 2.28. The Morgan fingerprint density at radius 2 is 1.81 bits per heavy atom. The molecule has 0 spiro atoms. The molecule has 2 aromatic carbocycles. The predicted molar refractivity (Wildman–Crippen MR) is 107 cm³/mol. The first-order valence-electron chi connectivity index (χ1n) is 9.52. The standard InChI is InChI=1S/C22H30N2O3/c1-23-12-13-24(21(15-23)18-8-4-3-5-9-18)14-20(25)17-27-16-19-10-6-7-11-22(19)26-2/h3-11,20-21,25H,12-17H2,1-2H3/t20-,21+/m1/s1. The van der Waals surface area contributed by atoms with Crippen molar-refractivity contribution >= 4 is 0 Å². The summed E-state index contributed by atoms with van der Waals surface area (Å²) in [5, 5.41) is 10.5. The minimum Gasteiger partial charge on any atom is -0.496 e. The van der Waals surface area contributed by atoms with Crippen LogP contribution in [0.25, 0.3) is 0 Å². The van der Waals surface area contributed by atoms with Crippen LogP contribution in [0.3, 0.4) is 0 Å². The van der Waals surface area contributed by atoms with Crippen LogP contribution in [-0.4, -0.2) is 68.0 Å². The minimum atomic E-state index is -0.519. The number of likely N-dealkylation sites (N-methyl/N-ethyl adjacent to an activating group) is 1. The maximum Gasteiger partial charge on any atom is 0.124 e. The summed E-state index contributed by atoms with van der Waals surface area (Å²) in [6.45, 7) is 4.29. The van der Waals surface area contributed by atoms with Crippen molar-refractivity contribution in [2.45, 2.75) is 18.8 Å². The van der Waals surface area contributed by atoms with Crippen LogP contribution in [-0.2, 0) is 11.3 Å². The molecule has 0 aromatic heterocycles. The molecule has 1 saturated heterocycles. The summed E-state index contributed by atoms with van der Waals surface area (Å²) in [5.74, 6) is 0.815. The number of hydrogen-bond donors (Lipinski definition) is 1.